The Morgan fingerprint density at radius 3 is 2.34 bits per heavy atom. The first-order chi connectivity index (χ1) is 15.3. The lowest BCUT2D eigenvalue weighted by Gasteiger charge is -2.41. The number of thiazole rings is 1. The van der Waals surface area contributed by atoms with Crippen molar-refractivity contribution in [2.75, 3.05) is 24.5 Å². The molecule has 2 atom stereocenters. The molecular weight excluding hydrogens is 428 g/mol. The predicted molar refractivity (Wildman–Crippen MR) is 122 cm³/mol. The van der Waals surface area contributed by atoms with Gasteiger partial charge in [-0.15, -0.1) is 0 Å². The van der Waals surface area contributed by atoms with Crippen LogP contribution in [-0.4, -0.2) is 70.4 Å². The van der Waals surface area contributed by atoms with Crippen molar-refractivity contribution in [3.63, 3.8) is 0 Å². The zero-order chi connectivity index (χ0) is 22.5. The SMILES string of the molecule is CC(C)(C)OC(=O)N1CC2CCC(C1)N2c1nc2c(s1)CN(C(=O)OC1CCCC1)CC2. The third-order valence-corrected chi connectivity index (χ3v) is 8.00. The second-order valence-corrected chi connectivity index (χ2v) is 11.6. The van der Waals surface area contributed by atoms with E-state index < -0.39 is 5.60 Å². The predicted octanol–water partition coefficient (Wildman–Crippen LogP) is 4.17. The second-order valence-electron chi connectivity index (χ2n) is 10.5. The Hall–Kier alpha value is -2.03. The molecule has 1 aromatic rings. The van der Waals surface area contributed by atoms with Crippen molar-refractivity contribution in [1.82, 2.24) is 14.8 Å². The van der Waals surface area contributed by atoms with Gasteiger partial charge in [0.1, 0.15) is 11.7 Å². The first kappa shape index (κ1) is 21.8. The number of anilines is 1. The lowest BCUT2D eigenvalue weighted by atomic mass is 10.2. The number of hydrogen-bond donors (Lipinski definition) is 0. The Balaban J connectivity index is 1.23. The monoisotopic (exact) mass is 462 g/mol. The van der Waals surface area contributed by atoms with Crippen LogP contribution in [0.3, 0.4) is 0 Å². The van der Waals surface area contributed by atoms with Gasteiger partial charge in [-0.1, -0.05) is 11.3 Å². The molecule has 3 aliphatic heterocycles. The zero-order valence-corrected chi connectivity index (χ0v) is 20.2. The average molecular weight is 463 g/mol. The van der Waals surface area contributed by atoms with Crippen LogP contribution in [0.5, 0.6) is 0 Å². The molecule has 0 aromatic carbocycles. The molecule has 0 radical (unpaired) electrons. The van der Waals surface area contributed by atoms with E-state index in [1.807, 2.05) is 30.6 Å². The number of hydrogen-bond acceptors (Lipinski definition) is 7. The van der Waals surface area contributed by atoms with Gasteiger partial charge < -0.3 is 24.2 Å². The van der Waals surface area contributed by atoms with Crippen LogP contribution in [0.4, 0.5) is 14.7 Å². The van der Waals surface area contributed by atoms with E-state index in [4.69, 9.17) is 14.5 Å². The molecule has 2 amide bonds. The summed E-state index contributed by atoms with van der Waals surface area (Å²) in [7, 11) is 0. The summed E-state index contributed by atoms with van der Waals surface area (Å²) in [6.45, 7) is 8.33. The van der Waals surface area contributed by atoms with Crippen LogP contribution in [0, 0.1) is 0 Å². The van der Waals surface area contributed by atoms with Crippen LogP contribution >= 0.6 is 11.3 Å². The van der Waals surface area contributed by atoms with Gasteiger partial charge in [0.2, 0.25) is 0 Å². The molecule has 8 nitrogen and oxygen atoms in total. The minimum Gasteiger partial charge on any atom is -0.446 e. The molecule has 32 heavy (non-hydrogen) atoms. The van der Waals surface area contributed by atoms with Gasteiger partial charge in [-0.05, 0) is 59.3 Å². The quantitative estimate of drug-likeness (QED) is 0.657. The highest BCUT2D eigenvalue weighted by atomic mass is 32.1. The Bertz CT molecular complexity index is 862. The summed E-state index contributed by atoms with van der Waals surface area (Å²) in [6, 6.07) is 0.551. The molecule has 2 bridgehead atoms. The molecule has 4 heterocycles. The van der Waals surface area contributed by atoms with Gasteiger partial charge in [-0.25, -0.2) is 14.6 Å². The van der Waals surface area contributed by atoms with Gasteiger partial charge in [-0.3, -0.25) is 0 Å². The standard InChI is InChI=1S/C23H34N4O4S/c1-23(2,3)31-22(29)26-12-15-8-9-16(13-26)27(15)20-24-18-10-11-25(14-19(18)32-20)21(28)30-17-6-4-5-7-17/h15-17H,4-14H2,1-3H3. The number of piperazine rings is 1. The molecule has 4 aliphatic rings. The molecule has 5 rings (SSSR count). The molecule has 3 fully saturated rings. The average Bonchev–Trinajstić information content (AvgIpc) is 3.43. The van der Waals surface area contributed by atoms with Crippen LogP contribution in [0.1, 0.15) is 69.9 Å². The number of fused-ring (bicyclic) bond motifs is 3. The van der Waals surface area contributed by atoms with Crippen molar-refractivity contribution in [2.24, 2.45) is 0 Å². The van der Waals surface area contributed by atoms with Gasteiger partial charge in [0.25, 0.3) is 0 Å². The molecule has 1 saturated carbocycles. The molecular formula is C23H34N4O4S. The largest absolute Gasteiger partial charge is 0.446 e. The summed E-state index contributed by atoms with van der Waals surface area (Å²) >= 11 is 1.70. The smallest absolute Gasteiger partial charge is 0.410 e. The molecule has 0 spiro atoms. The van der Waals surface area contributed by atoms with E-state index in [2.05, 4.69) is 4.90 Å². The van der Waals surface area contributed by atoms with Crippen LogP contribution in [-0.2, 0) is 22.4 Å². The van der Waals surface area contributed by atoms with Crippen molar-refractivity contribution >= 4 is 28.7 Å². The Labute approximate surface area is 193 Å². The lowest BCUT2D eigenvalue weighted by molar-refractivity contribution is 0.0209. The summed E-state index contributed by atoms with van der Waals surface area (Å²) in [5, 5.41) is 1.04. The molecule has 2 unspecified atom stereocenters. The third-order valence-electron chi connectivity index (χ3n) is 6.90. The van der Waals surface area contributed by atoms with Gasteiger partial charge in [0.05, 0.1) is 12.2 Å². The minimum atomic E-state index is -0.480. The maximum Gasteiger partial charge on any atom is 0.410 e. The first-order valence-corrected chi connectivity index (χ1v) is 12.8. The highest BCUT2D eigenvalue weighted by molar-refractivity contribution is 7.15. The fraction of sp³-hybridized carbons (Fsp3) is 0.783. The van der Waals surface area contributed by atoms with Crippen molar-refractivity contribution in [3.05, 3.63) is 10.6 Å². The number of aromatic nitrogens is 1. The summed E-state index contributed by atoms with van der Waals surface area (Å²) in [5.41, 5.74) is 0.635. The minimum absolute atomic E-state index is 0.0952. The van der Waals surface area contributed by atoms with E-state index in [0.717, 1.165) is 55.8 Å². The van der Waals surface area contributed by atoms with E-state index in [1.54, 1.807) is 11.3 Å². The summed E-state index contributed by atoms with van der Waals surface area (Å²) < 4.78 is 11.3. The van der Waals surface area contributed by atoms with E-state index in [0.29, 0.717) is 26.2 Å². The summed E-state index contributed by atoms with van der Waals surface area (Å²) in [4.78, 5) is 37.4. The summed E-state index contributed by atoms with van der Waals surface area (Å²) in [6.07, 6.45) is 6.90. The number of nitrogens with zero attached hydrogens (tertiary/aromatic N) is 4. The van der Waals surface area contributed by atoms with E-state index in [9.17, 15) is 9.59 Å². The van der Waals surface area contributed by atoms with Gasteiger partial charge in [-0.2, -0.15) is 0 Å². The number of rotatable bonds is 2. The lowest BCUT2D eigenvalue weighted by Crippen LogP contribution is -2.56. The van der Waals surface area contributed by atoms with E-state index in [1.165, 1.54) is 4.88 Å². The fourth-order valence-electron chi connectivity index (χ4n) is 5.36. The molecule has 176 valence electrons. The second kappa shape index (κ2) is 8.39. The van der Waals surface area contributed by atoms with Gasteiger partial charge >= 0.3 is 12.2 Å². The molecule has 2 saturated heterocycles. The Morgan fingerprint density at radius 2 is 1.69 bits per heavy atom. The zero-order valence-electron chi connectivity index (χ0n) is 19.3. The van der Waals surface area contributed by atoms with Crippen molar-refractivity contribution in [2.45, 2.75) is 96.1 Å². The Morgan fingerprint density at radius 1 is 1.00 bits per heavy atom. The topological polar surface area (TPSA) is 75.2 Å². The van der Waals surface area contributed by atoms with Crippen LogP contribution < -0.4 is 4.90 Å². The van der Waals surface area contributed by atoms with Gasteiger partial charge in [0, 0.05) is 43.0 Å². The molecule has 0 N–H and O–H groups in total. The van der Waals surface area contributed by atoms with Crippen LogP contribution in [0.25, 0.3) is 0 Å². The Kier molecular flexibility index (Phi) is 5.72. The first-order valence-electron chi connectivity index (χ1n) is 12.0. The molecule has 1 aromatic heterocycles. The van der Waals surface area contributed by atoms with Crippen molar-refractivity contribution in [1.29, 1.82) is 0 Å². The number of ether oxygens (including phenoxy) is 2. The number of likely N-dealkylation sites (tertiary alicyclic amines) is 1. The number of carbonyl (C=O) groups excluding carboxylic acids is 2. The van der Waals surface area contributed by atoms with E-state index >= 15 is 0 Å². The van der Waals surface area contributed by atoms with Crippen LogP contribution in [0.15, 0.2) is 0 Å². The highest BCUT2D eigenvalue weighted by Gasteiger charge is 2.44. The van der Waals surface area contributed by atoms with E-state index in [-0.39, 0.29) is 30.4 Å². The maximum atomic E-state index is 12.6. The molecule has 1 aliphatic carbocycles. The summed E-state index contributed by atoms with van der Waals surface area (Å²) in [5.74, 6) is 0. The normalized spacial score (nSPS) is 25.8. The number of amides is 2. The fourth-order valence-corrected chi connectivity index (χ4v) is 6.63. The van der Waals surface area contributed by atoms with Crippen molar-refractivity contribution in [3.8, 4) is 0 Å². The maximum absolute atomic E-state index is 12.6. The van der Waals surface area contributed by atoms with Gasteiger partial charge in [0.15, 0.2) is 5.13 Å². The van der Waals surface area contributed by atoms with Crippen LogP contribution in [0.2, 0.25) is 0 Å². The third kappa shape index (κ3) is 4.40. The highest BCUT2D eigenvalue weighted by Crippen LogP contribution is 2.40. The molecule has 9 heteroatoms. The number of carbonyl (C=O) groups is 2. The van der Waals surface area contributed by atoms with Crippen molar-refractivity contribution < 1.29 is 19.1 Å².